The Morgan fingerprint density at radius 1 is 1.33 bits per heavy atom. The van der Waals surface area contributed by atoms with Crippen LogP contribution in [0.5, 0.6) is 5.75 Å². The Labute approximate surface area is 109 Å². The van der Waals surface area contributed by atoms with E-state index in [0.717, 1.165) is 44.0 Å². The molecule has 0 saturated carbocycles. The highest BCUT2D eigenvalue weighted by Gasteiger charge is 2.18. The summed E-state index contributed by atoms with van der Waals surface area (Å²) in [7, 11) is 1.69. The second-order valence-electron chi connectivity index (χ2n) is 4.63. The highest BCUT2D eigenvalue weighted by molar-refractivity contribution is 5.60. The molecular formula is C14H22N2O2. The second kappa shape index (κ2) is 6.07. The van der Waals surface area contributed by atoms with Gasteiger partial charge in [-0.15, -0.1) is 0 Å². The maximum absolute atomic E-state index is 6.10. The molecule has 0 amide bonds. The summed E-state index contributed by atoms with van der Waals surface area (Å²) in [5.41, 5.74) is 8.36. The van der Waals surface area contributed by atoms with Crippen LogP contribution in [0, 0.1) is 0 Å². The van der Waals surface area contributed by atoms with Gasteiger partial charge in [0.05, 0.1) is 13.7 Å². The van der Waals surface area contributed by atoms with Gasteiger partial charge in [-0.2, -0.15) is 0 Å². The zero-order valence-electron chi connectivity index (χ0n) is 11.2. The van der Waals surface area contributed by atoms with Crippen LogP contribution in [0.2, 0.25) is 0 Å². The lowest BCUT2D eigenvalue weighted by Gasteiger charge is -2.27. The van der Waals surface area contributed by atoms with Crippen molar-refractivity contribution < 1.29 is 9.47 Å². The molecule has 1 aromatic rings. The van der Waals surface area contributed by atoms with Gasteiger partial charge < -0.3 is 20.1 Å². The Hall–Kier alpha value is -1.26. The quantitative estimate of drug-likeness (QED) is 0.890. The van der Waals surface area contributed by atoms with Gasteiger partial charge in [-0.1, -0.05) is 6.07 Å². The Morgan fingerprint density at radius 2 is 2.17 bits per heavy atom. The average Bonchev–Trinajstić information content (AvgIpc) is 2.66. The van der Waals surface area contributed by atoms with Gasteiger partial charge in [-0.05, 0) is 25.5 Å². The number of ether oxygens (including phenoxy) is 2. The molecule has 2 N–H and O–H groups in total. The summed E-state index contributed by atoms with van der Waals surface area (Å²) >= 11 is 0. The van der Waals surface area contributed by atoms with Gasteiger partial charge in [0.15, 0.2) is 0 Å². The molecule has 1 fully saturated rings. The summed E-state index contributed by atoms with van der Waals surface area (Å²) in [6.45, 7) is 5.53. The van der Waals surface area contributed by atoms with E-state index in [1.54, 1.807) is 7.11 Å². The van der Waals surface area contributed by atoms with E-state index in [-0.39, 0.29) is 6.04 Å². The molecule has 1 saturated heterocycles. The Bertz CT molecular complexity index is 385. The Morgan fingerprint density at radius 3 is 2.89 bits per heavy atom. The van der Waals surface area contributed by atoms with E-state index < -0.39 is 0 Å². The molecule has 18 heavy (non-hydrogen) atoms. The summed E-state index contributed by atoms with van der Waals surface area (Å²) in [6.07, 6.45) is 1.05. The van der Waals surface area contributed by atoms with Crippen molar-refractivity contribution in [1.29, 1.82) is 0 Å². The number of rotatable bonds is 3. The van der Waals surface area contributed by atoms with Gasteiger partial charge in [-0.25, -0.2) is 0 Å². The first kappa shape index (κ1) is 13.2. The molecule has 4 heteroatoms. The summed E-state index contributed by atoms with van der Waals surface area (Å²) < 4.78 is 10.9. The zero-order chi connectivity index (χ0) is 13.0. The van der Waals surface area contributed by atoms with E-state index in [4.69, 9.17) is 15.2 Å². The summed E-state index contributed by atoms with van der Waals surface area (Å²) in [5, 5.41) is 0. The molecular weight excluding hydrogens is 228 g/mol. The number of methoxy groups -OCH3 is 1. The van der Waals surface area contributed by atoms with E-state index in [0.29, 0.717) is 0 Å². The van der Waals surface area contributed by atoms with Crippen molar-refractivity contribution >= 4 is 5.69 Å². The minimum atomic E-state index is -0.0414. The first-order chi connectivity index (χ1) is 8.74. The normalized spacial score (nSPS) is 18.3. The first-order valence-corrected chi connectivity index (χ1v) is 6.49. The largest absolute Gasteiger partial charge is 0.496 e. The van der Waals surface area contributed by atoms with Gasteiger partial charge in [0.25, 0.3) is 0 Å². The number of hydrogen-bond donors (Lipinski definition) is 1. The third kappa shape index (κ3) is 2.76. The molecule has 2 rings (SSSR count). The summed E-state index contributed by atoms with van der Waals surface area (Å²) in [6, 6.07) is 6.06. The average molecular weight is 250 g/mol. The van der Waals surface area contributed by atoms with E-state index in [9.17, 15) is 0 Å². The predicted molar refractivity (Wildman–Crippen MR) is 73.2 cm³/mol. The number of nitrogens with two attached hydrogens (primary N) is 1. The number of anilines is 1. The van der Waals surface area contributed by atoms with Crippen LogP contribution < -0.4 is 15.4 Å². The van der Waals surface area contributed by atoms with Crippen molar-refractivity contribution in [3.63, 3.8) is 0 Å². The van der Waals surface area contributed by atoms with Gasteiger partial charge in [-0.3, -0.25) is 0 Å². The molecule has 1 aromatic carbocycles. The molecule has 1 aliphatic rings. The maximum atomic E-state index is 6.10. The van der Waals surface area contributed by atoms with Crippen LogP contribution in [0.15, 0.2) is 18.2 Å². The molecule has 0 radical (unpaired) electrons. The van der Waals surface area contributed by atoms with E-state index >= 15 is 0 Å². The van der Waals surface area contributed by atoms with Crippen molar-refractivity contribution in [3.05, 3.63) is 23.8 Å². The Kier molecular flexibility index (Phi) is 4.44. The second-order valence-corrected chi connectivity index (χ2v) is 4.63. The smallest absolute Gasteiger partial charge is 0.125 e. The molecule has 100 valence electrons. The van der Waals surface area contributed by atoms with E-state index in [1.807, 2.05) is 19.1 Å². The fraction of sp³-hybridized carbons (Fsp3) is 0.571. The van der Waals surface area contributed by atoms with Crippen LogP contribution in [0.25, 0.3) is 0 Å². The lowest BCUT2D eigenvalue weighted by Crippen LogP contribution is -2.28. The van der Waals surface area contributed by atoms with Crippen LogP contribution in [0.3, 0.4) is 0 Å². The van der Waals surface area contributed by atoms with Crippen LogP contribution in [-0.2, 0) is 4.74 Å². The molecule has 0 aromatic heterocycles. The minimum absolute atomic E-state index is 0.0414. The van der Waals surface area contributed by atoms with Crippen LogP contribution in [0.4, 0.5) is 5.69 Å². The van der Waals surface area contributed by atoms with Crippen LogP contribution >= 0.6 is 0 Å². The molecule has 4 nitrogen and oxygen atoms in total. The monoisotopic (exact) mass is 250 g/mol. The number of nitrogens with zero attached hydrogens (tertiary/aromatic N) is 1. The van der Waals surface area contributed by atoms with Gasteiger partial charge in [0.1, 0.15) is 5.75 Å². The number of hydrogen-bond acceptors (Lipinski definition) is 4. The van der Waals surface area contributed by atoms with Crippen molar-refractivity contribution in [2.45, 2.75) is 19.4 Å². The standard InChI is InChI=1S/C14H22N2O2/c1-11(15)14-12(5-3-6-13(14)17-2)16-7-4-9-18-10-8-16/h3,5-6,11H,4,7-10,15H2,1-2H3/t11-/m1/s1. The van der Waals surface area contributed by atoms with Crippen LogP contribution in [-0.4, -0.2) is 33.4 Å². The molecule has 0 unspecified atom stereocenters. The molecule has 1 atom stereocenters. The van der Waals surface area contributed by atoms with Crippen molar-refractivity contribution in [2.24, 2.45) is 5.73 Å². The highest BCUT2D eigenvalue weighted by atomic mass is 16.5. The van der Waals surface area contributed by atoms with Gasteiger partial charge in [0.2, 0.25) is 0 Å². The lowest BCUT2D eigenvalue weighted by atomic mass is 10.0. The zero-order valence-corrected chi connectivity index (χ0v) is 11.2. The summed E-state index contributed by atoms with van der Waals surface area (Å²) in [4.78, 5) is 2.34. The minimum Gasteiger partial charge on any atom is -0.496 e. The maximum Gasteiger partial charge on any atom is 0.125 e. The Balaban J connectivity index is 2.35. The van der Waals surface area contributed by atoms with E-state index in [2.05, 4.69) is 11.0 Å². The fourth-order valence-corrected chi connectivity index (χ4v) is 2.43. The molecule has 0 bridgehead atoms. The first-order valence-electron chi connectivity index (χ1n) is 6.49. The van der Waals surface area contributed by atoms with E-state index in [1.165, 1.54) is 5.69 Å². The molecule has 0 spiro atoms. The van der Waals surface area contributed by atoms with Crippen molar-refractivity contribution in [1.82, 2.24) is 0 Å². The third-order valence-electron chi connectivity index (χ3n) is 3.28. The molecule has 0 aliphatic carbocycles. The lowest BCUT2D eigenvalue weighted by molar-refractivity contribution is 0.152. The predicted octanol–water partition coefficient (Wildman–Crippen LogP) is 1.94. The SMILES string of the molecule is COc1cccc(N2CCCOCC2)c1[C@@H](C)N. The van der Waals surface area contributed by atoms with Gasteiger partial charge >= 0.3 is 0 Å². The molecule has 1 heterocycles. The topological polar surface area (TPSA) is 47.7 Å². The summed E-state index contributed by atoms with van der Waals surface area (Å²) in [5.74, 6) is 0.868. The van der Waals surface area contributed by atoms with Crippen LogP contribution in [0.1, 0.15) is 24.9 Å². The highest BCUT2D eigenvalue weighted by Crippen LogP contribution is 2.33. The molecule has 1 aliphatic heterocycles. The number of benzene rings is 1. The van der Waals surface area contributed by atoms with Gasteiger partial charge in [0, 0.05) is 37.0 Å². The third-order valence-corrected chi connectivity index (χ3v) is 3.28. The van der Waals surface area contributed by atoms with Crippen molar-refractivity contribution in [2.75, 3.05) is 38.3 Å². The fourth-order valence-electron chi connectivity index (χ4n) is 2.43. The van der Waals surface area contributed by atoms with Crippen molar-refractivity contribution in [3.8, 4) is 5.75 Å².